The molecule has 4 nitrogen and oxygen atoms in total. The van der Waals surface area contributed by atoms with Gasteiger partial charge in [-0.3, -0.25) is 0 Å². The molecule has 0 heterocycles. The second kappa shape index (κ2) is 12.8. The van der Waals surface area contributed by atoms with E-state index in [1.807, 2.05) is 9.80 Å². The summed E-state index contributed by atoms with van der Waals surface area (Å²) in [6.07, 6.45) is 2.18. The lowest BCUT2D eigenvalue weighted by atomic mass is 10.1. The van der Waals surface area contributed by atoms with E-state index in [0.29, 0.717) is 8.64 Å². The molecule has 0 aliphatic rings. The summed E-state index contributed by atoms with van der Waals surface area (Å²) >= 11 is 18.5. The van der Waals surface area contributed by atoms with Crippen molar-refractivity contribution in [1.29, 1.82) is 0 Å². The fourth-order valence-electron chi connectivity index (χ4n) is 1.92. The predicted molar refractivity (Wildman–Crippen MR) is 108 cm³/mol. The van der Waals surface area contributed by atoms with Gasteiger partial charge in [-0.15, -0.1) is 25.3 Å². The zero-order chi connectivity index (χ0) is 17.1. The van der Waals surface area contributed by atoms with E-state index in [0.717, 1.165) is 38.8 Å². The molecule has 0 spiro atoms. The van der Waals surface area contributed by atoms with Crippen molar-refractivity contribution >= 4 is 58.3 Å². The number of hydrogen-bond donors (Lipinski definition) is 4. The third-order valence-electron chi connectivity index (χ3n) is 3.36. The van der Waals surface area contributed by atoms with Crippen molar-refractivity contribution in [3.05, 3.63) is 0 Å². The Bertz CT molecular complexity index is 313. The Morgan fingerprint density at radius 3 is 1.41 bits per heavy atom. The Hall–Kier alpha value is 0.400. The van der Waals surface area contributed by atoms with Crippen LogP contribution >= 0.6 is 49.7 Å². The summed E-state index contributed by atoms with van der Waals surface area (Å²) < 4.78 is 0.875. The van der Waals surface area contributed by atoms with Crippen LogP contribution in [0.2, 0.25) is 0 Å². The average Bonchev–Trinajstić information content (AvgIpc) is 2.46. The van der Waals surface area contributed by atoms with Crippen LogP contribution in [0.1, 0.15) is 39.5 Å². The number of thiocarbonyl (C=S) groups is 2. The normalized spacial score (nSPS) is 13.5. The average molecular weight is 385 g/mol. The molecular formula is C14H28N2O2S4. The zero-order valence-corrected chi connectivity index (χ0v) is 16.7. The molecule has 0 saturated heterocycles. The molecule has 8 heteroatoms. The van der Waals surface area contributed by atoms with Crippen molar-refractivity contribution in [2.24, 2.45) is 0 Å². The summed E-state index contributed by atoms with van der Waals surface area (Å²) in [6.45, 7) is 6.17. The van der Waals surface area contributed by atoms with Gasteiger partial charge in [-0.1, -0.05) is 51.1 Å². The highest BCUT2D eigenvalue weighted by Crippen LogP contribution is 2.08. The van der Waals surface area contributed by atoms with Gasteiger partial charge in [-0.25, -0.2) is 0 Å². The molecule has 2 unspecified atom stereocenters. The molecule has 0 aromatic carbocycles. The highest BCUT2D eigenvalue weighted by molar-refractivity contribution is 8.11. The summed E-state index contributed by atoms with van der Waals surface area (Å²) in [5, 5.41) is 20.4. The highest BCUT2D eigenvalue weighted by Gasteiger charge is 2.23. The fourth-order valence-corrected chi connectivity index (χ4v) is 2.62. The van der Waals surface area contributed by atoms with Crippen molar-refractivity contribution < 1.29 is 10.2 Å². The molecule has 22 heavy (non-hydrogen) atoms. The lowest BCUT2D eigenvalue weighted by Crippen LogP contribution is -2.46. The van der Waals surface area contributed by atoms with Crippen LogP contribution in [-0.4, -0.2) is 67.0 Å². The first-order valence-corrected chi connectivity index (χ1v) is 9.36. The highest BCUT2D eigenvalue weighted by atomic mass is 32.1. The maximum absolute atomic E-state index is 10.2. The monoisotopic (exact) mass is 384 g/mol. The van der Waals surface area contributed by atoms with Gasteiger partial charge in [0, 0.05) is 26.2 Å². The molecule has 0 aromatic rings. The number of unbranched alkanes of at least 4 members (excludes halogenated alkanes) is 2. The van der Waals surface area contributed by atoms with Crippen LogP contribution in [0.25, 0.3) is 0 Å². The van der Waals surface area contributed by atoms with Crippen LogP contribution in [0.15, 0.2) is 0 Å². The van der Waals surface area contributed by atoms with E-state index < -0.39 is 12.2 Å². The third kappa shape index (κ3) is 9.52. The summed E-state index contributed by atoms with van der Waals surface area (Å²) in [5.41, 5.74) is 0. The van der Waals surface area contributed by atoms with Gasteiger partial charge in [0.25, 0.3) is 0 Å². The van der Waals surface area contributed by atoms with Crippen molar-refractivity contribution in [2.45, 2.75) is 51.7 Å². The molecule has 0 aliphatic carbocycles. The number of thiol groups is 2. The molecule has 0 bridgehead atoms. The number of aliphatic hydroxyl groups excluding tert-OH is 2. The zero-order valence-electron chi connectivity index (χ0n) is 13.3. The van der Waals surface area contributed by atoms with Gasteiger partial charge in [0.1, 0.15) is 8.64 Å². The van der Waals surface area contributed by atoms with E-state index >= 15 is 0 Å². The first-order chi connectivity index (χ1) is 10.3. The van der Waals surface area contributed by atoms with Gasteiger partial charge in [-0.2, -0.15) is 0 Å². The Morgan fingerprint density at radius 1 is 0.864 bits per heavy atom. The molecule has 0 radical (unpaired) electrons. The van der Waals surface area contributed by atoms with Gasteiger partial charge in [0.05, 0.1) is 12.2 Å². The minimum atomic E-state index is -0.909. The van der Waals surface area contributed by atoms with Crippen molar-refractivity contribution in [3.8, 4) is 0 Å². The number of aliphatic hydroxyl groups is 2. The molecule has 130 valence electrons. The second-order valence-electron chi connectivity index (χ2n) is 5.30. The van der Waals surface area contributed by atoms with Gasteiger partial charge in [-0.05, 0) is 12.8 Å². The summed E-state index contributed by atoms with van der Waals surface area (Å²) in [5.74, 6) is 0. The predicted octanol–water partition coefficient (Wildman–Crippen LogP) is 2.34. The largest absolute Gasteiger partial charge is 0.389 e. The second-order valence-corrected chi connectivity index (χ2v) is 7.52. The van der Waals surface area contributed by atoms with E-state index in [4.69, 9.17) is 24.4 Å². The fraction of sp³-hybridized carbons (Fsp3) is 0.857. The number of nitrogens with zero attached hydrogens (tertiary/aromatic N) is 2. The molecule has 0 saturated carbocycles. The molecule has 2 atom stereocenters. The molecule has 0 aliphatic heterocycles. The quantitative estimate of drug-likeness (QED) is 0.324. The van der Waals surface area contributed by atoms with E-state index in [1.165, 1.54) is 0 Å². The Labute approximate surface area is 156 Å². The minimum absolute atomic E-state index is 0.268. The number of rotatable bonds is 11. The SMILES string of the molecule is CCCCN(CC(O)C(O)CN(CCCC)C(=S)S)C(=S)S. The van der Waals surface area contributed by atoms with E-state index in [-0.39, 0.29) is 13.1 Å². The lowest BCUT2D eigenvalue weighted by Gasteiger charge is -2.31. The summed E-state index contributed by atoms with van der Waals surface area (Å²) in [7, 11) is 0. The molecule has 0 rings (SSSR count). The lowest BCUT2D eigenvalue weighted by molar-refractivity contribution is -0.00126. The van der Waals surface area contributed by atoms with Crippen LogP contribution in [-0.2, 0) is 0 Å². The third-order valence-corrected chi connectivity index (χ3v) is 4.45. The van der Waals surface area contributed by atoms with E-state index in [2.05, 4.69) is 39.1 Å². The maximum Gasteiger partial charge on any atom is 0.133 e. The Morgan fingerprint density at radius 2 is 1.18 bits per heavy atom. The Balaban J connectivity index is 4.50. The van der Waals surface area contributed by atoms with Gasteiger partial charge >= 0.3 is 0 Å². The van der Waals surface area contributed by atoms with Crippen LogP contribution in [0.4, 0.5) is 0 Å². The van der Waals surface area contributed by atoms with Crippen molar-refractivity contribution in [2.75, 3.05) is 26.2 Å². The van der Waals surface area contributed by atoms with Crippen molar-refractivity contribution in [3.63, 3.8) is 0 Å². The van der Waals surface area contributed by atoms with Gasteiger partial charge in [0.15, 0.2) is 0 Å². The van der Waals surface area contributed by atoms with Gasteiger partial charge < -0.3 is 20.0 Å². The first-order valence-electron chi connectivity index (χ1n) is 7.65. The molecular weight excluding hydrogens is 356 g/mol. The first kappa shape index (κ1) is 22.4. The maximum atomic E-state index is 10.2. The van der Waals surface area contributed by atoms with Crippen LogP contribution < -0.4 is 0 Å². The summed E-state index contributed by atoms with van der Waals surface area (Å²) in [4.78, 5) is 3.62. The van der Waals surface area contributed by atoms with Crippen LogP contribution in [0.3, 0.4) is 0 Å². The smallest absolute Gasteiger partial charge is 0.133 e. The molecule has 2 N–H and O–H groups in total. The summed E-state index contributed by atoms with van der Waals surface area (Å²) in [6, 6.07) is 0. The van der Waals surface area contributed by atoms with Crippen LogP contribution in [0, 0.1) is 0 Å². The number of hydrogen-bond acceptors (Lipinski definition) is 4. The van der Waals surface area contributed by atoms with Crippen molar-refractivity contribution in [1.82, 2.24) is 9.80 Å². The van der Waals surface area contributed by atoms with Gasteiger partial charge in [0.2, 0.25) is 0 Å². The topological polar surface area (TPSA) is 46.9 Å². The molecule has 0 amide bonds. The minimum Gasteiger partial charge on any atom is -0.389 e. The molecule has 0 aromatic heterocycles. The van der Waals surface area contributed by atoms with Crippen LogP contribution in [0.5, 0.6) is 0 Å². The van der Waals surface area contributed by atoms with E-state index in [1.54, 1.807) is 0 Å². The Kier molecular flexibility index (Phi) is 13.0. The standard InChI is InChI=1S/C14H28N2O2S4/c1-3-5-7-15(13(19)20)9-11(17)12(18)10-16(14(21)22)8-6-4-2/h11-12,17-18H,3-10H2,1-2H3,(H,19,20)(H,21,22). The van der Waals surface area contributed by atoms with E-state index in [9.17, 15) is 10.2 Å². The molecule has 0 fully saturated rings.